The van der Waals surface area contributed by atoms with Crippen LogP contribution < -0.4 is 9.47 Å². The molecule has 3 rings (SSSR count). The minimum Gasteiger partial charge on any atom is -0.497 e. The zero-order valence-electron chi connectivity index (χ0n) is 14.4. The molecule has 2 fully saturated rings. The molecule has 0 unspecified atom stereocenters. The molecular weight excluding hydrogens is 306 g/mol. The summed E-state index contributed by atoms with van der Waals surface area (Å²) in [7, 11) is 1.66. The lowest BCUT2D eigenvalue weighted by Gasteiger charge is -2.32. The Kier molecular flexibility index (Phi) is 5.96. The largest absolute Gasteiger partial charge is 0.497 e. The smallest absolute Gasteiger partial charge is 0.222 e. The summed E-state index contributed by atoms with van der Waals surface area (Å²) in [5.74, 6) is 2.94. The van der Waals surface area contributed by atoms with Crippen molar-refractivity contribution in [1.29, 1.82) is 0 Å². The van der Waals surface area contributed by atoms with Crippen LogP contribution in [0.3, 0.4) is 0 Å². The number of rotatable bonds is 6. The van der Waals surface area contributed by atoms with E-state index < -0.39 is 0 Å². The van der Waals surface area contributed by atoms with E-state index in [1.165, 1.54) is 0 Å². The molecule has 0 bridgehead atoms. The summed E-state index contributed by atoms with van der Waals surface area (Å²) in [6.45, 7) is 3.97. The molecule has 2 saturated heterocycles. The second kappa shape index (κ2) is 8.38. The van der Waals surface area contributed by atoms with Crippen LogP contribution in [0, 0.1) is 11.8 Å². The van der Waals surface area contributed by atoms with E-state index in [1.54, 1.807) is 7.11 Å². The first-order chi connectivity index (χ1) is 11.7. The second-order valence-electron chi connectivity index (χ2n) is 6.74. The van der Waals surface area contributed by atoms with E-state index in [1.807, 2.05) is 29.2 Å². The number of ether oxygens (including phenoxy) is 3. The summed E-state index contributed by atoms with van der Waals surface area (Å²) in [6, 6.07) is 7.68. The number of methoxy groups -OCH3 is 1. The predicted octanol–water partition coefficient (Wildman–Crippen LogP) is 2.74. The number of benzene rings is 1. The Morgan fingerprint density at radius 3 is 2.46 bits per heavy atom. The maximum absolute atomic E-state index is 12.3. The van der Waals surface area contributed by atoms with Crippen LogP contribution in [0.25, 0.3) is 0 Å². The van der Waals surface area contributed by atoms with Crippen LogP contribution in [0.2, 0.25) is 0 Å². The Bertz CT molecular complexity index is 517. The van der Waals surface area contributed by atoms with E-state index in [0.717, 1.165) is 57.1 Å². The number of hydrogen-bond acceptors (Lipinski definition) is 4. The van der Waals surface area contributed by atoms with Gasteiger partial charge in [-0.2, -0.15) is 0 Å². The van der Waals surface area contributed by atoms with E-state index in [-0.39, 0.29) is 0 Å². The molecule has 24 heavy (non-hydrogen) atoms. The third-order valence-corrected chi connectivity index (χ3v) is 5.00. The summed E-state index contributed by atoms with van der Waals surface area (Å²) in [5.41, 5.74) is 0. The topological polar surface area (TPSA) is 48.0 Å². The molecule has 0 saturated carbocycles. The first kappa shape index (κ1) is 17.1. The Hall–Kier alpha value is -1.75. The molecule has 0 aliphatic carbocycles. The van der Waals surface area contributed by atoms with Gasteiger partial charge >= 0.3 is 0 Å². The fourth-order valence-corrected chi connectivity index (χ4v) is 3.36. The summed E-state index contributed by atoms with van der Waals surface area (Å²) < 4.78 is 16.4. The molecule has 2 aliphatic heterocycles. The van der Waals surface area contributed by atoms with Crippen LogP contribution >= 0.6 is 0 Å². The maximum atomic E-state index is 12.3. The molecule has 2 aliphatic rings. The molecular formula is C19H27NO4. The van der Waals surface area contributed by atoms with E-state index in [9.17, 15) is 4.79 Å². The number of hydrogen-bond donors (Lipinski definition) is 0. The Balaban J connectivity index is 1.37. The summed E-state index contributed by atoms with van der Waals surface area (Å²) in [4.78, 5) is 14.3. The highest BCUT2D eigenvalue weighted by Crippen LogP contribution is 2.23. The van der Waals surface area contributed by atoms with E-state index >= 15 is 0 Å². The molecule has 0 spiro atoms. The van der Waals surface area contributed by atoms with Crippen LogP contribution in [0.15, 0.2) is 24.3 Å². The van der Waals surface area contributed by atoms with Gasteiger partial charge in [-0.3, -0.25) is 4.79 Å². The van der Waals surface area contributed by atoms with Gasteiger partial charge in [0.05, 0.1) is 13.7 Å². The fraction of sp³-hybridized carbons (Fsp3) is 0.632. The van der Waals surface area contributed by atoms with Crippen molar-refractivity contribution in [2.75, 3.05) is 40.0 Å². The zero-order valence-corrected chi connectivity index (χ0v) is 14.4. The number of amides is 1. The fourth-order valence-electron chi connectivity index (χ4n) is 3.36. The summed E-state index contributed by atoms with van der Waals surface area (Å²) >= 11 is 0. The minimum atomic E-state index is 0.292. The highest BCUT2D eigenvalue weighted by molar-refractivity contribution is 5.76. The number of piperidine rings is 1. The molecule has 0 N–H and O–H groups in total. The molecule has 1 aromatic rings. The summed E-state index contributed by atoms with van der Waals surface area (Å²) in [5, 5.41) is 0. The van der Waals surface area contributed by atoms with Gasteiger partial charge in [-0.15, -0.1) is 0 Å². The average Bonchev–Trinajstić information content (AvgIpc) is 3.14. The monoisotopic (exact) mass is 333 g/mol. The first-order valence-corrected chi connectivity index (χ1v) is 8.87. The Morgan fingerprint density at radius 2 is 1.83 bits per heavy atom. The molecule has 1 aromatic carbocycles. The van der Waals surface area contributed by atoms with Crippen LogP contribution in [0.4, 0.5) is 0 Å². The average molecular weight is 333 g/mol. The lowest BCUT2D eigenvalue weighted by Crippen LogP contribution is -2.40. The van der Waals surface area contributed by atoms with Gasteiger partial charge in [0.1, 0.15) is 11.5 Å². The van der Waals surface area contributed by atoms with Crippen molar-refractivity contribution in [2.45, 2.75) is 25.7 Å². The zero-order chi connectivity index (χ0) is 16.8. The van der Waals surface area contributed by atoms with Crippen molar-refractivity contribution in [2.24, 2.45) is 11.8 Å². The van der Waals surface area contributed by atoms with Crippen LogP contribution in [0.1, 0.15) is 25.7 Å². The molecule has 1 amide bonds. The molecule has 0 aromatic heterocycles. The van der Waals surface area contributed by atoms with E-state index in [4.69, 9.17) is 14.2 Å². The van der Waals surface area contributed by atoms with Gasteiger partial charge in [-0.1, -0.05) is 0 Å². The van der Waals surface area contributed by atoms with Crippen molar-refractivity contribution in [3.63, 3.8) is 0 Å². The SMILES string of the molecule is COc1ccc(OCC2CCN(C(=O)C[C@@H]3CCOC3)CC2)cc1. The standard InChI is InChI=1S/C19H27NO4/c1-22-17-2-4-18(5-3-17)24-14-15-6-9-20(10-7-15)19(21)12-16-8-11-23-13-16/h2-5,15-16H,6-14H2,1H3/t16-/m0/s1. The van der Waals surface area contributed by atoms with Crippen LogP contribution in [-0.2, 0) is 9.53 Å². The Labute approximate surface area is 143 Å². The highest BCUT2D eigenvalue weighted by Gasteiger charge is 2.26. The summed E-state index contributed by atoms with van der Waals surface area (Å²) in [6.07, 6.45) is 3.71. The van der Waals surface area contributed by atoms with Gasteiger partial charge in [0.2, 0.25) is 5.91 Å². The van der Waals surface area contributed by atoms with Gasteiger partial charge < -0.3 is 19.1 Å². The number of nitrogens with zero attached hydrogens (tertiary/aromatic N) is 1. The van der Waals surface area contributed by atoms with Crippen molar-refractivity contribution in [3.05, 3.63) is 24.3 Å². The number of likely N-dealkylation sites (tertiary alicyclic amines) is 1. The molecule has 0 radical (unpaired) electrons. The second-order valence-corrected chi connectivity index (χ2v) is 6.74. The van der Waals surface area contributed by atoms with Gasteiger partial charge in [-0.25, -0.2) is 0 Å². The third kappa shape index (κ3) is 4.63. The van der Waals surface area contributed by atoms with E-state index in [2.05, 4.69) is 0 Å². The van der Waals surface area contributed by atoms with Gasteiger partial charge in [0, 0.05) is 32.7 Å². The quantitative estimate of drug-likeness (QED) is 0.803. The van der Waals surface area contributed by atoms with Crippen LogP contribution in [-0.4, -0.2) is 50.8 Å². The van der Waals surface area contributed by atoms with Crippen molar-refractivity contribution in [3.8, 4) is 11.5 Å². The van der Waals surface area contributed by atoms with Crippen molar-refractivity contribution >= 4 is 5.91 Å². The highest BCUT2D eigenvalue weighted by atomic mass is 16.5. The number of carbonyl (C=O) groups excluding carboxylic acids is 1. The first-order valence-electron chi connectivity index (χ1n) is 8.87. The molecule has 132 valence electrons. The number of carbonyl (C=O) groups is 1. The lowest BCUT2D eigenvalue weighted by molar-refractivity contribution is -0.133. The van der Waals surface area contributed by atoms with Gasteiger partial charge in [0.15, 0.2) is 0 Å². The van der Waals surface area contributed by atoms with Gasteiger partial charge in [0.25, 0.3) is 0 Å². The van der Waals surface area contributed by atoms with Crippen molar-refractivity contribution < 1.29 is 19.0 Å². The maximum Gasteiger partial charge on any atom is 0.222 e. The molecule has 1 atom stereocenters. The lowest BCUT2D eigenvalue weighted by atomic mass is 9.96. The van der Waals surface area contributed by atoms with Crippen LogP contribution in [0.5, 0.6) is 11.5 Å². The normalized spacial score (nSPS) is 21.7. The van der Waals surface area contributed by atoms with E-state index in [0.29, 0.717) is 30.8 Å². The molecule has 5 heteroatoms. The predicted molar refractivity (Wildman–Crippen MR) is 91.3 cm³/mol. The minimum absolute atomic E-state index is 0.292. The van der Waals surface area contributed by atoms with Gasteiger partial charge in [-0.05, 0) is 55.4 Å². The molecule has 5 nitrogen and oxygen atoms in total. The Morgan fingerprint density at radius 1 is 1.12 bits per heavy atom. The van der Waals surface area contributed by atoms with Crippen molar-refractivity contribution in [1.82, 2.24) is 4.90 Å². The third-order valence-electron chi connectivity index (χ3n) is 5.00. The molecule has 2 heterocycles.